The lowest BCUT2D eigenvalue weighted by atomic mass is 10.1. The molecule has 0 bridgehead atoms. The molecule has 1 aromatic carbocycles. The summed E-state index contributed by atoms with van der Waals surface area (Å²) in [5.74, 6) is 1.19. The Morgan fingerprint density at radius 3 is 2.29 bits per heavy atom. The number of hydrogen-bond acceptors (Lipinski definition) is 4. The Morgan fingerprint density at radius 2 is 1.67 bits per heavy atom. The highest BCUT2D eigenvalue weighted by atomic mass is 16.5. The van der Waals surface area contributed by atoms with Crippen molar-refractivity contribution in [1.29, 1.82) is 0 Å². The maximum atomic E-state index is 12.8. The normalized spacial score (nSPS) is 15.2. The summed E-state index contributed by atoms with van der Waals surface area (Å²) >= 11 is 0. The quantitative estimate of drug-likeness (QED) is 0.845. The fourth-order valence-electron chi connectivity index (χ4n) is 2.85. The number of rotatable bonds is 4. The van der Waals surface area contributed by atoms with Gasteiger partial charge in [-0.1, -0.05) is 13.8 Å². The van der Waals surface area contributed by atoms with E-state index in [1.54, 1.807) is 30.2 Å². The minimum absolute atomic E-state index is 0.0195. The molecule has 1 aliphatic heterocycles. The van der Waals surface area contributed by atoms with Gasteiger partial charge in [-0.25, -0.2) is 0 Å². The zero-order chi connectivity index (χ0) is 17.7. The first-order valence-electron chi connectivity index (χ1n) is 8.28. The van der Waals surface area contributed by atoms with Gasteiger partial charge in [-0.15, -0.1) is 0 Å². The first-order valence-corrected chi connectivity index (χ1v) is 8.28. The van der Waals surface area contributed by atoms with Crippen LogP contribution >= 0.6 is 0 Å². The molecule has 0 N–H and O–H groups in total. The SMILES string of the molecule is COc1ccc(C(=O)N2CCCN(C(=O)C(C)C)CC2)c(OC)c1. The average molecular weight is 334 g/mol. The topological polar surface area (TPSA) is 59.1 Å². The van der Waals surface area contributed by atoms with E-state index in [4.69, 9.17) is 9.47 Å². The van der Waals surface area contributed by atoms with E-state index < -0.39 is 0 Å². The third-order valence-electron chi connectivity index (χ3n) is 4.23. The molecule has 6 heteroatoms. The second-order valence-corrected chi connectivity index (χ2v) is 6.19. The molecule has 1 fully saturated rings. The van der Waals surface area contributed by atoms with E-state index in [0.717, 1.165) is 6.42 Å². The van der Waals surface area contributed by atoms with Crippen molar-refractivity contribution in [3.05, 3.63) is 23.8 Å². The van der Waals surface area contributed by atoms with Crippen LogP contribution in [0.1, 0.15) is 30.6 Å². The van der Waals surface area contributed by atoms with E-state index in [1.807, 2.05) is 18.7 Å². The van der Waals surface area contributed by atoms with Gasteiger partial charge in [0.25, 0.3) is 5.91 Å². The molecule has 6 nitrogen and oxygen atoms in total. The second kappa shape index (κ2) is 8.04. The second-order valence-electron chi connectivity index (χ2n) is 6.19. The lowest BCUT2D eigenvalue weighted by molar-refractivity contribution is -0.134. The van der Waals surface area contributed by atoms with Gasteiger partial charge < -0.3 is 19.3 Å². The minimum atomic E-state index is -0.0756. The van der Waals surface area contributed by atoms with E-state index in [-0.39, 0.29) is 17.7 Å². The molecule has 24 heavy (non-hydrogen) atoms. The number of methoxy groups -OCH3 is 2. The van der Waals surface area contributed by atoms with Crippen molar-refractivity contribution in [1.82, 2.24) is 9.80 Å². The summed E-state index contributed by atoms with van der Waals surface area (Å²) in [4.78, 5) is 28.6. The van der Waals surface area contributed by atoms with Gasteiger partial charge in [-0.2, -0.15) is 0 Å². The number of carbonyl (C=O) groups excluding carboxylic acids is 2. The Bertz CT molecular complexity index is 601. The van der Waals surface area contributed by atoms with Gasteiger partial charge in [-0.05, 0) is 18.6 Å². The smallest absolute Gasteiger partial charge is 0.257 e. The summed E-state index contributed by atoms with van der Waals surface area (Å²) in [5.41, 5.74) is 0.516. The van der Waals surface area contributed by atoms with E-state index in [9.17, 15) is 9.59 Å². The summed E-state index contributed by atoms with van der Waals surface area (Å²) < 4.78 is 10.5. The zero-order valence-corrected chi connectivity index (χ0v) is 14.9. The summed E-state index contributed by atoms with van der Waals surface area (Å²) in [6.45, 7) is 6.24. The van der Waals surface area contributed by atoms with E-state index in [0.29, 0.717) is 43.2 Å². The molecule has 0 saturated carbocycles. The summed E-state index contributed by atoms with van der Waals surface area (Å²) in [7, 11) is 3.11. The lowest BCUT2D eigenvalue weighted by Crippen LogP contribution is -2.39. The zero-order valence-electron chi connectivity index (χ0n) is 14.9. The highest BCUT2D eigenvalue weighted by Gasteiger charge is 2.25. The predicted octanol–water partition coefficient (Wildman–Crippen LogP) is 2.03. The average Bonchev–Trinajstić information content (AvgIpc) is 2.85. The molecule has 0 atom stereocenters. The lowest BCUT2D eigenvalue weighted by Gasteiger charge is -2.24. The summed E-state index contributed by atoms with van der Waals surface area (Å²) in [5, 5.41) is 0. The molecule has 2 rings (SSSR count). The largest absolute Gasteiger partial charge is 0.497 e. The van der Waals surface area contributed by atoms with Gasteiger partial charge in [0.15, 0.2) is 0 Å². The van der Waals surface area contributed by atoms with Crippen LogP contribution in [0, 0.1) is 5.92 Å². The standard InChI is InChI=1S/C18H26N2O4/c1-13(2)17(21)19-8-5-9-20(11-10-19)18(22)15-7-6-14(23-3)12-16(15)24-4/h6-7,12-13H,5,8-11H2,1-4H3. The first kappa shape index (κ1) is 18.1. The number of amides is 2. The van der Waals surface area contributed by atoms with E-state index >= 15 is 0 Å². The fraction of sp³-hybridized carbons (Fsp3) is 0.556. The third kappa shape index (κ3) is 3.99. The van der Waals surface area contributed by atoms with Crippen LogP contribution in [-0.2, 0) is 4.79 Å². The molecule has 0 unspecified atom stereocenters. The summed E-state index contributed by atoms with van der Waals surface area (Å²) in [6, 6.07) is 5.18. The highest BCUT2D eigenvalue weighted by Crippen LogP contribution is 2.26. The monoisotopic (exact) mass is 334 g/mol. The molecule has 0 radical (unpaired) electrons. The van der Waals surface area contributed by atoms with Crippen LogP contribution in [0.15, 0.2) is 18.2 Å². The Morgan fingerprint density at radius 1 is 1.00 bits per heavy atom. The highest BCUT2D eigenvalue weighted by molar-refractivity contribution is 5.97. The maximum Gasteiger partial charge on any atom is 0.257 e. The van der Waals surface area contributed by atoms with Crippen LogP contribution < -0.4 is 9.47 Å². The number of ether oxygens (including phenoxy) is 2. The van der Waals surface area contributed by atoms with Gasteiger partial charge in [0, 0.05) is 38.2 Å². The molecular weight excluding hydrogens is 308 g/mol. The minimum Gasteiger partial charge on any atom is -0.497 e. The Labute approximate surface area is 143 Å². The number of carbonyl (C=O) groups is 2. The van der Waals surface area contributed by atoms with Crippen molar-refractivity contribution >= 4 is 11.8 Å². The van der Waals surface area contributed by atoms with Gasteiger partial charge in [0.1, 0.15) is 11.5 Å². The van der Waals surface area contributed by atoms with Gasteiger partial charge >= 0.3 is 0 Å². The molecule has 1 aromatic rings. The first-order chi connectivity index (χ1) is 11.5. The number of benzene rings is 1. The van der Waals surface area contributed by atoms with E-state index in [1.165, 1.54) is 7.11 Å². The van der Waals surface area contributed by atoms with Crippen molar-refractivity contribution in [3.8, 4) is 11.5 Å². The van der Waals surface area contributed by atoms with Gasteiger partial charge in [0.05, 0.1) is 19.8 Å². The molecular formula is C18H26N2O4. The molecule has 0 aromatic heterocycles. The number of hydrogen-bond donors (Lipinski definition) is 0. The molecule has 1 aliphatic rings. The van der Waals surface area contributed by atoms with Crippen molar-refractivity contribution in [2.24, 2.45) is 5.92 Å². The molecule has 0 aliphatic carbocycles. The van der Waals surface area contributed by atoms with Crippen LogP contribution in [-0.4, -0.2) is 62.0 Å². The molecule has 0 spiro atoms. The van der Waals surface area contributed by atoms with Crippen molar-refractivity contribution in [2.75, 3.05) is 40.4 Å². The Balaban J connectivity index is 2.12. The van der Waals surface area contributed by atoms with Crippen LogP contribution in [0.4, 0.5) is 0 Å². The Hall–Kier alpha value is -2.24. The molecule has 1 saturated heterocycles. The molecule has 2 amide bonds. The van der Waals surface area contributed by atoms with Crippen LogP contribution in [0.5, 0.6) is 11.5 Å². The van der Waals surface area contributed by atoms with Crippen molar-refractivity contribution in [2.45, 2.75) is 20.3 Å². The van der Waals surface area contributed by atoms with Crippen LogP contribution in [0.25, 0.3) is 0 Å². The van der Waals surface area contributed by atoms with Crippen LogP contribution in [0.2, 0.25) is 0 Å². The Kier molecular flexibility index (Phi) is 6.06. The van der Waals surface area contributed by atoms with Gasteiger partial charge in [0.2, 0.25) is 5.91 Å². The van der Waals surface area contributed by atoms with Gasteiger partial charge in [-0.3, -0.25) is 9.59 Å². The van der Waals surface area contributed by atoms with E-state index in [2.05, 4.69) is 0 Å². The predicted molar refractivity (Wildman–Crippen MR) is 91.5 cm³/mol. The van der Waals surface area contributed by atoms with Crippen LogP contribution in [0.3, 0.4) is 0 Å². The molecule has 132 valence electrons. The third-order valence-corrected chi connectivity index (χ3v) is 4.23. The fourth-order valence-corrected chi connectivity index (χ4v) is 2.85. The van der Waals surface area contributed by atoms with Crippen molar-refractivity contribution in [3.63, 3.8) is 0 Å². The molecule has 1 heterocycles. The number of nitrogens with zero attached hydrogens (tertiary/aromatic N) is 2. The summed E-state index contributed by atoms with van der Waals surface area (Å²) in [6.07, 6.45) is 0.780. The van der Waals surface area contributed by atoms with Crippen molar-refractivity contribution < 1.29 is 19.1 Å². The maximum absolute atomic E-state index is 12.8.